The molecule has 0 aromatic carbocycles. The highest BCUT2D eigenvalue weighted by atomic mass is 31.1. The molecule has 1 aromatic heterocycles. The Kier molecular flexibility index (Phi) is 4.79. The van der Waals surface area contributed by atoms with Gasteiger partial charge in [0.15, 0.2) is 12.3 Å². The van der Waals surface area contributed by atoms with Gasteiger partial charge in [0.2, 0.25) is 0 Å². The third kappa shape index (κ3) is 2.72. The molecule has 1 saturated heterocycles. The van der Waals surface area contributed by atoms with Crippen molar-refractivity contribution in [2.24, 2.45) is 0 Å². The molecule has 1 aliphatic heterocycles. The first kappa shape index (κ1) is 15.0. The number of methoxy groups -OCH3 is 1. The van der Waals surface area contributed by atoms with Gasteiger partial charge in [0.05, 0.1) is 6.61 Å². The quantitative estimate of drug-likeness (QED) is 0.653. The fourth-order valence-corrected chi connectivity index (χ4v) is 2.55. The molecule has 1 aliphatic rings. The van der Waals surface area contributed by atoms with E-state index < -0.39 is 44.5 Å². The van der Waals surface area contributed by atoms with E-state index in [2.05, 4.69) is 4.98 Å². The summed E-state index contributed by atoms with van der Waals surface area (Å²) in [4.78, 5) is 24.9. The van der Waals surface area contributed by atoms with Gasteiger partial charge in [-0.2, -0.15) is 0 Å². The van der Waals surface area contributed by atoms with E-state index >= 15 is 0 Å². The summed E-state index contributed by atoms with van der Waals surface area (Å²) in [6.45, 7) is -0.385. The van der Waals surface area contributed by atoms with E-state index in [4.69, 9.17) is 14.0 Å². The van der Waals surface area contributed by atoms with E-state index in [1.807, 2.05) is 0 Å². The maximum absolute atomic E-state index is 11.8. The summed E-state index contributed by atoms with van der Waals surface area (Å²) in [6.07, 6.45) is -1.97. The number of hydrogen-bond donors (Lipinski definition) is 2. The summed E-state index contributed by atoms with van der Waals surface area (Å²) in [6, 6.07) is 1.16. The molecule has 2 N–H and O–H groups in total. The maximum atomic E-state index is 11.8. The Morgan fingerprint density at radius 1 is 1.50 bits per heavy atom. The molecule has 2 heterocycles. The van der Waals surface area contributed by atoms with Crippen LogP contribution in [-0.4, -0.2) is 46.7 Å². The highest BCUT2D eigenvalue weighted by molar-refractivity contribution is 7.17. The Bertz CT molecular complexity index is 585. The Labute approximate surface area is 114 Å². The van der Waals surface area contributed by atoms with Gasteiger partial charge in [-0.1, -0.05) is 0 Å². The largest absolute Gasteiger partial charge is 0.494 e. The second-order valence-corrected chi connectivity index (χ2v) is 4.53. The topological polar surface area (TPSA) is 120 Å². The smallest absolute Gasteiger partial charge is 0.394 e. The zero-order chi connectivity index (χ0) is 14.7. The van der Waals surface area contributed by atoms with E-state index in [0.717, 1.165) is 10.6 Å². The van der Waals surface area contributed by atoms with Crippen molar-refractivity contribution in [1.82, 2.24) is 9.55 Å². The number of aliphatic hydroxyl groups excluding tert-OH is 1. The highest BCUT2D eigenvalue weighted by Gasteiger charge is 2.49. The number of nitrogens with zero attached hydrogens (tertiary/aromatic N) is 1. The molecule has 10 heteroatoms. The molecule has 0 saturated carbocycles. The molecule has 2 rings (SSSR count). The molecule has 0 aliphatic carbocycles. The molecule has 20 heavy (non-hydrogen) atoms. The molecule has 1 fully saturated rings. The van der Waals surface area contributed by atoms with Crippen molar-refractivity contribution in [2.45, 2.75) is 24.5 Å². The number of ether oxygens (including phenoxy) is 2. The van der Waals surface area contributed by atoms with Crippen LogP contribution >= 0.6 is 8.69 Å². The van der Waals surface area contributed by atoms with E-state index in [0.29, 0.717) is 0 Å². The average molecular weight is 305 g/mol. The lowest BCUT2D eigenvalue weighted by atomic mass is 10.1. The number of rotatable bonds is 5. The van der Waals surface area contributed by atoms with Crippen molar-refractivity contribution >= 4 is 8.69 Å². The summed E-state index contributed by atoms with van der Waals surface area (Å²) >= 11 is 0. The first-order valence-electron chi connectivity index (χ1n) is 5.75. The standard InChI is InChI=1S/C10H13N2O7P/c1-17-8-7(19-20-16)5(4-13)18-9(8)12-3-2-6(14)11-10(12)15/h2-3,5,7-9,13,20H,4H2,1H3/p+1/t5-,7-,8-,9-/m1/s1. The molecule has 1 aromatic rings. The van der Waals surface area contributed by atoms with Crippen LogP contribution in [0, 0.1) is 0 Å². The van der Waals surface area contributed by atoms with Crippen molar-refractivity contribution in [1.29, 1.82) is 0 Å². The van der Waals surface area contributed by atoms with Gasteiger partial charge in [0.25, 0.3) is 5.56 Å². The van der Waals surface area contributed by atoms with E-state index in [1.54, 1.807) is 0 Å². The SMILES string of the molecule is CO[C@@H]1[C@H](O[PH+]=O)[C@@H](CO)O[C@H]1n1ccc(=O)[nH]c1=O. The Balaban J connectivity index is 2.38. The van der Waals surface area contributed by atoms with Crippen molar-refractivity contribution < 1.29 is 23.7 Å². The summed E-state index contributed by atoms with van der Waals surface area (Å²) in [7, 11) is 0.323. The van der Waals surface area contributed by atoms with Gasteiger partial charge >= 0.3 is 14.4 Å². The second-order valence-electron chi connectivity index (χ2n) is 4.13. The molecule has 9 nitrogen and oxygen atoms in total. The van der Waals surface area contributed by atoms with Gasteiger partial charge in [-0.3, -0.25) is 14.3 Å². The van der Waals surface area contributed by atoms with Gasteiger partial charge in [-0.25, -0.2) is 4.79 Å². The summed E-state index contributed by atoms with van der Waals surface area (Å²) < 4.78 is 27.5. The Morgan fingerprint density at radius 2 is 2.25 bits per heavy atom. The normalized spacial score (nSPS) is 29.9. The number of H-pyrrole nitrogens is 1. The van der Waals surface area contributed by atoms with Crippen molar-refractivity contribution in [2.75, 3.05) is 13.7 Å². The summed E-state index contributed by atoms with van der Waals surface area (Å²) in [5.74, 6) is 0. The van der Waals surface area contributed by atoms with Crippen LogP contribution in [0.3, 0.4) is 0 Å². The van der Waals surface area contributed by atoms with Crippen LogP contribution in [0.15, 0.2) is 21.9 Å². The Hall–Kier alpha value is -1.38. The first-order valence-corrected chi connectivity index (χ1v) is 6.57. The first-order chi connectivity index (χ1) is 9.62. The van der Waals surface area contributed by atoms with Crippen LogP contribution in [0.1, 0.15) is 6.23 Å². The summed E-state index contributed by atoms with van der Waals surface area (Å²) in [5.41, 5.74) is -1.21. The average Bonchev–Trinajstić information content (AvgIpc) is 2.77. The number of aromatic nitrogens is 2. The fraction of sp³-hybridized carbons (Fsp3) is 0.600. The van der Waals surface area contributed by atoms with Crippen LogP contribution < -0.4 is 11.2 Å². The van der Waals surface area contributed by atoms with Gasteiger partial charge in [0.1, 0.15) is 12.2 Å². The molecule has 110 valence electrons. The summed E-state index contributed by atoms with van der Waals surface area (Å²) in [5, 5.41) is 9.25. The minimum absolute atomic E-state index is 0.385. The van der Waals surface area contributed by atoms with Crippen LogP contribution in [0.2, 0.25) is 0 Å². The fourth-order valence-electron chi connectivity index (χ4n) is 2.16. The molecule has 0 spiro atoms. The van der Waals surface area contributed by atoms with Gasteiger partial charge in [-0.15, -0.1) is 4.52 Å². The molecule has 0 bridgehead atoms. The number of aliphatic hydroxyl groups is 1. The molecular formula is C10H14N2O7P+. The molecule has 1 unspecified atom stereocenters. The van der Waals surface area contributed by atoms with Crippen molar-refractivity contribution in [3.8, 4) is 0 Å². The van der Waals surface area contributed by atoms with Gasteiger partial charge < -0.3 is 14.6 Å². The van der Waals surface area contributed by atoms with E-state index in [1.165, 1.54) is 13.3 Å². The van der Waals surface area contributed by atoms with Crippen LogP contribution in [0.4, 0.5) is 0 Å². The van der Waals surface area contributed by atoms with Crippen LogP contribution in [0.5, 0.6) is 0 Å². The number of hydrogen-bond acceptors (Lipinski definition) is 7. The lowest BCUT2D eigenvalue weighted by Crippen LogP contribution is -2.39. The van der Waals surface area contributed by atoms with Crippen LogP contribution in [-0.2, 0) is 18.6 Å². The van der Waals surface area contributed by atoms with E-state index in [9.17, 15) is 19.3 Å². The zero-order valence-corrected chi connectivity index (χ0v) is 11.5. The number of nitrogens with one attached hydrogen (secondary N) is 1. The number of aromatic amines is 1. The second kappa shape index (κ2) is 6.38. The van der Waals surface area contributed by atoms with Gasteiger partial charge in [0, 0.05) is 19.4 Å². The highest BCUT2D eigenvalue weighted by Crippen LogP contribution is 2.33. The van der Waals surface area contributed by atoms with Crippen LogP contribution in [0.25, 0.3) is 0 Å². The molecular weight excluding hydrogens is 291 g/mol. The minimum Gasteiger partial charge on any atom is -0.394 e. The van der Waals surface area contributed by atoms with E-state index in [-0.39, 0.29) is 6.61 Å². The third-order valence-corrected chi connectivity index (χ3v) is 3.42. The molecule has 0 radical (unpaired) electrons. The lowest BCUT2D eigenvalue weighted by Gasteiger charge is -2.19. The molecule has 0 amide bonds. The Morgan fingerprint density at radius 3 is 2.80 bits per heavy atom. The predicted molar refractivity (Wildman–Crippen MR) is 67.0 cm³/mol. The monoisotopic (exact) mass is 305 g/mol. The lowest BCUT2D eigenvalue weighted by molar-refractivity contribution is -0.0625. The zero-order valence-electron chi connectivity index (χ0n) is 10.5. The predicted octanol–water partition coefficient (Wildman–Crippen LogP) is -1.23. The third-order valence-electron chi connectivity index (χ3n) is 3.05. The van der Waals surface area contributed by atoms with Crippen molar-refractivity contribution in [3.63, 3.8) is 0 Å². The minimum atomic E-state index is -1.05. The molecule has 5 atom stereocenters. The van der Waals surface area contributed by atoms with Gasteiger partial charge in [-0.05, 0) is 4.57 Å². The van der Waals surface area contributed by atoms with Crippen molar-refractivity contribution in [3.05, 3.63) is 33.1 Å². The maximum Gasteiger partial charge on any atom is 0.494 e.